The lowest BCUT2D eigenvalue weighted by atomic mass is 9.95. The summed E-state index contributed by atoms with van der Waals surface area (Å²) in [6.07, 6.45) is 5.68. The van der Waals surface area contributed by atoms with Gasteiger partial charge in [0, 0.05) is 11.8 Å². The number of aryl methyl sites for hydroxylation is 1. The summed E-state index contributed by atoms with van der Waals surface area (Å²) in [7, 11) is -4.30. The molecule has 1 aliphatic heterocycles. The largest absolute Gasteiger partial charge is 0.384 e. The molecule has 3 heterocycles. The molecule has 0 atom stereocenters. The van der Waals surface area contributed by atoms with Gasteiger partial charge in [0.25, 0.3) is 15.9 Å². The van der Waals surface area contributed by atoms with Crippen LogP contribution in [0.1, 0.15) is 36.7 Å². The zero-order valence-electron chi connectivity index (χ0n) is 20.3. The molecule has 0 bridgehead atoms. The third-order valence-corrected chi connectivity index (χ3v) is 6.97. The molecule has 0 saturated carbocycles. The van der Waals surface area contributed by atoms with E-state index in [0.717, 1.165) is 5.57 Å². The SMILES string of the molecule is CC1=CC(C)(C)N(c2nc(-c3ccc(F)c(C)c3)ccc2C(=O)NS(=O)(=O)c2cccc(N)n2)C=C1. The molecule has 2 aromatic heterocycles. The van der Waals surface area contributed by atoms with Crippen LogP contribution in [0.2, 0.25) is 0 Å². The molecule has 10 heteroatoms. The summed E-state index contributed by atoms with van der Waals surface area (Å²) in [5.41, 5.74) is 7.71. The number of anilines is 2. The predicted molar refractivity (Wildman–Crippen MR) is 137 cm³/mol. The van der Waals surface area contributed by atoms with Crippen molar-refractivity contribution in [1.29, 1.82) is 0 Å². The molecular formula is C26H26FN5O3S. The summed E-state index contributed by atoms with van der Waals surface area (Å²) in [4.78, 5) is 23.6. The fraction of sp³-hybridized carbons (Fsp3) is 0.192. The molecule has 36 heavy (non-hydrogen) atoms. The number of nitrogens with zero attached hydrogens (tertiary/aromatic N) is 3. The van der Waals surface area contributed by atoms with Gasteiger partial charge >= 0.3 is 0 Å². The van der Waals surface area contributed by atoms with E-state index in [0.29, 0.717) is 16.8 Å². The maximum atomic E-state index is 13.8. The molecule has 3 N–H and O–H groups in total. The minimum Gasteiger partial charge on any atom is -0.384 e. The smallest absolute Gasteiger partial charge is 0.281 e. The van der Waals surface area contributed by atoms with Crippen molar-refractivity contribution in [2.75, 3.05) is 10.6 Å². The predicted octanol–water partition coefficient (Wildman–Crippen LogP) is 4.35. The normalized spacial score (nSPS) is 14.9. The van der Waals surface area contributed by atoms with E-state index in [1.807, 2.05) is 32.9 Å². The molecule has 0 fully saturated rings. The van der Waals surface area contributed by atoms with Crippen LogP contribution in [0.3, 0.4) is 0 Å². The summed E-state index contributed by atoms with van der Waals surface area (Å²) in [5.74, 6) is -0.961. The van der Waals surface area contributed by atoms with E-state index >= 15 is 0 Å². The van der Waals surface area contributed by atoms with Crippen LogP contribution in [0.15, 0.2) is 77.5 Å². The highest BCUT2D eigenvalue weighted by Gasteiger charge is 2.31. The second kappa shape index (κ2) is 9.19. The number of nitrogens with two attached hydrogens (primary N) is 1. The summed E-state index contributed by atoms with van der Waals surface area (Å²) in [5, 5.41) is -0.375. The molecule has 1 amide bonds. The number of carbonyl (C=O) groups is 1. The average molecular weight is 508 g/mol. The Labute approximate surface area is 209 Å². The van der Waals surface area contributed by atoms with Crippen molar-refractivity contribution in [3.63, 3.8) is 0 Å². The minimum atomic E-state index is -4.30. The number of carbonyl (C=O) groups excluding carboxylic acids is 1. The van der Waals surface area contributed by atoms with Crippen LogP contribution in [0, 0.1) is 12.7 Å². The van der Waals surface area contributed by atoms with Crippen molar-refractivity contribution in [3.05, 3.63) is 89.4 Å². The van der Waals surface area contributed by atoms with Gasteiger partial charge in [-0.25, -0.2) is 19.1 Å². The van der Waals surface area contributed by atoms with Crippen LogP contribution in [0.5, 0.6) is 0 Å². The Hall–Kier alpha value is -4.05. The number of hydrogen-bond donors (Lipinski definition) is 2. The Morgan fingerprint density at radius 2 is 1.83 bits per heavy atom. The molecule has 4 rings (SSSR count). The van der Waals surface area contributed by atoms with E-state index in [1.54, 1.807) is 36.2 Å². The molecule has 1 aliphatic rings. The Morgan fingerprint density at radius 3 is 2.50 bits per heavy atom. The molecular weight excluding hydrogens is 481 g/mol. The van der Waals surface area contributed by atoms with E-state index in [2.05, 4.69) is 9.71 Å². The number of nitrogens with one attached hydrogen (secondary N) is 1. The van der Waals surface area contributed by atoms with Crippen LogP contribution >= 0.6 is 0 Å². The van der Waals surface area contributed by atoms with Gasteiger partial charge in [-0.2, -0.15) is 8.42 Å². The van der Waals surface area contributed by atoms with Crippen molar-refractivity contribution in [2.24, 2.45) is 0 Å². The Bertz CT molecular complexity index is 1530. The third kappa shape index (κ3) is 4.99. The fourth-order valence-corrected chi connectivity index (χ4v) is 4.93. The molecule has 0 spiro atoms. The first-order chi connectivity index (χ1) is 16.9. The van der Waals surface area contributed by atoms with Gasteiger partial charge in [-0.05, 0) is 81.8 Å². The summed E-state index contributed by atoms with van der Waals surface area (Å²) in [6.45, 7) is 7.51. The van der Waals surface area contributed by atoms with E-state index < -0.39 is 21.5 Å². The van der Waals surface area contributed by atoms with Gasteiger partial charge in [0.2, 0.25) is 0 Å². The van der Waals surface area contributed by atoms with E-state index in [-0.39, 0.29) is 28.0 Å². The number of halogens is 1. The molecule has 186 valence electrons. The molecule has 1 aromatic carbocycles. The summed E-state index contributed by atoms with van der Waals surface area (Å²) < 4.78 is 41.6. The van der Waals surface area contributed by atoms with Crippen LogP contribution in [0.25, 0.3) is 11.3 Å². The number of benzene rings is 1. The number of nitrogen functional groups attached to an aromatic ring is 1. The topological polar surface area (TPSA) is 118 Å². The lowest BCUT2D eigenvalue weighted by Crippen LogP contribution is -2.42. The van der Waals surface area contributed by atoms with Crippen molar-refractivity contribution < 1.29 is 17.6 Å². The van der Waals surface area contributed by atoms with Crippen molar-refractivity contribution in [3.8, 4) is 11.3 Å². The Kier molecular flexibility index (Phi) is 6.40. The summed E-state index contributed by atoms with van der Waals surface area (Å²) >= 11 is 0. The second-order valence-electron chi connectivity index (χ2n) is 9.09. The van der Waals surface area contributed by atoms with Crippen LogP contribution in [-0.2, 0) is 10.0 Å². The highest BCUT2D eigenvalue weighted by Crippen LogP contribution is 2.33. The maximum absolute atomic E-state index is 13.8. The lowest BCUT2D eigenvalue weighted by molar-refractivity contribution is 0.0981. The number of amides is 1. The highest BCUT2D eigenvalue weighted by atomic mass is 32.2. The van der Waals surface area contributed by atoms with Gasteiger partial charge in [0.1, 0.15) is 17.5 Å². The average Bonchev–Trinajstić information content (AvgIpc) is 2.79. The van der Waals surface area contributed by atoms with Crippen molar-refractivity contribution in [1.82, 2.24) is 14.7 Å². The van der Waals surface area contributed by atoms with Gasteiger partial charge in [0.15, 0.2) is 5.03 Å². The molecule has 0 aliphatic carbocycles. The number of rotatable bonds is 5. The molecule has 8 nitrogen and oxygen atoms in total. The molecule has 0 unspecified atom stereocenters. The van der Waals surface area contributed by atoms with Crippen LogP contribution < -0.4 is 15.4 Å². The van der Waals surface area contributed by atoms with Gasteiger partial charge < -0.3 is 10.6 Å². The van der Waals surface area contributed by atoms with Crippen LogP contribution in [0.4, 0.5) is 16.0 Å². The van der Waals surface area contributed by atoms with Crippen molar-refractivity contribution in [2.45, 2.75) is 38.3 Å². The number of allylic oxidation sites excluding steroid dienone is 2. The zero-order chi connectivity index (χ0) is 26.3. The lowest BCUT2D eigenvalue weighted by Gasteiger charge is -2.38. The monoisotopic (exact) mass is 507 g/mol. The summed E-state index contributed by atoms with van der Waals surface area (Å²) in [6, 6.07) is 11.8. The molecule has 3 aromatic rings. The first-order valence-electron chi connectivity index (χ1n) is 11.1. The fourth-order valence-electron chi connectivity index (χ4n) is 3.99. The maximum Gasteiger partial charge on any atom is 0.281 e. The number of pyridine rings is 2. The van der Waals surface area contributed by atoms with Crippen molar-refractivity contribution >= 4 is 27.6 Å². The number of hydrogen-bond acceptors (Lipinski definition) is 7. The zero-order valence-corrected chi connectivity index (χ0v) is 21.1. The number of sulfonamides is 1. The minimum absolute atomic E-state index is 0.00832. The Morgan fingerprint density at radius 1 is 1.08 bits per heavy atom. The first-order valence-corrected chi connectivity index (χ1v) is 12.6. The van der Waals surface area contributed by atoms with E-state index in [1.165, 1.54) is 30.3 Å². The van der Waals surface area contributed by atoms with Gasteiger partial charge in [-0.15, -0.1) is 0 Å². The third-order valence-electron chi connectivity index (χ3n) is 5.74. The van der Waals surface area contributed by atoms with Gasteiger partial charge in [-0.3, -0.25) is 4.79 Å². The molecule has 0 radical (unpaired) electrons. The van der Waals surface area contributed by atoms with E-state index in [9.17, 15) is 17.6 Å². The standard InChI is InChI=1S/C26H26FN5O3S/c1-16-12-13-32(26(3,4)15-16)24-19(9-11-21(29-24)18-8-10-20(27)17(2)14-18)25(33)31-36(34,35)23-7-5-6-22(28)30-23/h5-15H,1-4H3,(H2,28,30)(H,31,33). The Balaban J connectivity index is 1.81. The van der Waals surface area contributed by atoms with Gasteiger partial charge in [0.05, 0.1) is 16.8 Å². The van der Waals surface area contributed by atoms with E-state index in [4.69, 9.17) is 10.7 Å². The quantitative estimate of drug-likeness (QED) is 0.527. The van der Waals surface area contributed by atoms with Crippen LogP contribution in [-0.4, -0.2) is 29.8 Å². The highest BCUT2D eigenvalue weighted by molar-refractivity contribution is 7.90. The molecule has 0 saturated heterocycles. The second-order valence-corrected chi connectivity index (χ2v) is 10.7. The first kappa shape index (κ1) is 25.1. The number of aromatic nitrogens is 2. The van der Waals surface area contributed by atoms with Gasteiger partial charge in [-0.1, -0.05) is 17.7 Å².